The van der Waals surface area contributed by atoms with Crippen LogP contribution in [0.5, 0.6) is 5.75 Å². The predicted octanol–water partition coefficient (Wildman–Crippen LogP) is 5.85. The van der Waals surface area contributed by atoms with E-state index >= 15 is 0 Å². The van der Waals surface area contributed by atoms with Crippen molar-refractivity contribution in [1.29, 1.82) is 0 Å². The third kappa shape index (κ3) is 3.89. The van der Waals surface area contributed by atoms with Crippen molar-refractivity contribution in [3.8, 4) is 5.75 Å². The number of esters is 1. The lowest BCUT2D eigenvalue weighted by atomic mass is 9.77. The molecule has 0 aromatic heterocycles. The number of carbonyl (C=O) groups excluding carboxylic acids is 2. The molecule has 34 heavy (non-hydrogen) atoms. The van der Waals surface area contributed by atoms with Gasteiger partial charge in [-0.2, -0.15) is 0 Å². The first-order valence-electron chi connectivity index (χ1n) is 12.2. The summed E-state index contributed by atoms with van der Waals surface area (Å²) in [4.78, 5) is 27.3. The van der Waals surface area contributed by atoms with Crippen molar-refractivity contribution in [2.24, 2.45) is 5.92 Å². The molecular formula is C30H33NO3. The molecular weight excluding hydrogens is 422 g/mol. The Hall–Kier alpha value is -3.14. The maximum Gasteiger partial charge on any atom is 0.308 e. The van der Waals surface area contributed by atoms with Crippen molar-refractivity contribution in [3.05, 3.63) is 76.9 Å². The van der Waals surface area contributed by atoms with E-state index < -0.39 is 5.41 Å². The Morgan fingerprint density at radius 3 is 2.53 bits per heavy atom. The quantitative estimate of drug-likeness (QED) is 0.358. The van der Waals surface area contributed by atoms with Gasteiger partial charge in [0, 0.05) is 42.8 Å². The summed E-state index contributed by atoms with van der Waals surface area (Å²) in [5, 5.41) is 2.52. The number of benzene rings is 3. The molecule has 2 fully saturated rings. The summed E-state index contributed by atoms with van der Waals surface area (Å²) in [6, 6.07) is 19.2. The molecule has 4 heteroatoms. The average molecular weight is 456 g/mol. The number of rotatable bonds is 5. The minimum Gasteiger partial charge on any atom is -0.426 e. The summed E-state index contributed by atoms with van der Waals surface area (Å²) in [5.74, 6) is 0.939. The topological polar surface area (TPSA) is 46.6 Å². The van der Waals surface area contributed by atoms with E-state index in [9.17, 15) is 9.59 Å². The van der Waals surface area contributed by atoms with E-state index in [4.69, 9.17) is 4.74 Å². The molecule has 5 rings (SSSR count). The van der Waals surface area contributed by atoms with Gasteiger partial charge in [-0.3, -0.25) is 9.59 Å². The molecule has 1 heterocycles. The van der Waals surface area contributed by atoms with Crippen LogP contribution in [-0.2, 0) is 20.4 Å². The van der Waals surface area contributed by atoms with Crippen LogP contribution >= 0.6 is 0 Å². The van der Waals surface area contributed by atoms with Crippen molar-refractivity contribution < 1.29 is 14.3 Å². The van der Waals surface area contributed by atoms with Gasteiger partial charge in [-0.05, 0) is 59.7 Å². The van der Waals surface area contributed by atoms with Gasteiger partial charge in [0.05, 0.1) is 0 Å². The number of piperidine rings is 1. The normalized spacial score (nSPS) is 21.4. The molecule has 0 unspecified atom stereocenters. The van der Waals surface area contributed by atoms with Gasteiger partial charge in [-0.1, -0.05) is 62.4 Å². The Morgan fingerprint density at radius 2 is 1.79 bits per heavy atom. The molecule has 3 aromatic rings. The largest absolute Gasteiger partial charge is 0.426 e. The SMILES string of the molecule is CC(=O)Oc1cc(C)cc(C)c1C(C)(C)CC(=O)N1C[C@H]2C[C@@]2(c2ccc3ccccc3c2)C1. The van der Waals surface area contributed by atoms with Gasteiger partial charge in [0.25, 0.3) is 0 Å². The number of aryl methyl sites for hydroxylation is 2. The average Bonchev–Trinajstić information content (AvgIpc) is 3.32. The highest BCUT2D eigenvalue weighted by atomic mass is 16.5. The van der Waals surface area contributed by atoms with Gasteiger partial charge in [-0.25, -0.2) is 0 Å². The molecule has 1 aliphatic carbocycles. The van der Waals surface area contributed by atoms with Gasteiger partial charge in [0.1, 0.15) is 5.75 Å². The predicted molar refractivity (Wildman–Crippen MR) is 135 cm³/mol. The van der Waals surface area contributed by atoms with Crippen LogP contribution in [0.1, 0.15) is 55.9 Å². The Bertz CT molecular complexity index is 1310. The Morgan fingerprint density at radius 1 is 1.06 bits per heavy atom. The molecule has 2 atom stereocenters. The van der Waals surface area contributed by atoms with Crippen LogP contribution in [0.4, 0.5) is 0 Å². The second-order valence-electron chi connectivity index (χ2n) is 11.0. The summed E-state index contributed by atoms with van der Waals surface area (Å²) < 4.78 is 5.57. The lowest BCUT2D eigenvalue weighted by molar-refractivity contribution is -0.132. The number of amides is 1. The number of nitrogens with zero attached hydrogens (tertiary/aromatic N) is 1. The van der Waals surface area contributed by atoms with E-state index in [2.05, 4.69) is 67.3 Å². The fraction of sp³-hybridized carbons (Fsp3) is 0.400. The number of hydrogen-bond acceptors (Lipinski definition) is 3. The standard InChI is InChI=1S/C30H33NO3/c1-19-12-20(2)28(26(13-19)34-21(3)32)29(4,5)16-27(33)31-17-25-15-30(25,18-31)24-11-10-22-8-6-7-9-23(22)14-24/h6-14,25H,15-18H2,1-5H3/t25-,30+/m1/s1. The molecule has 4 nitrogen and oxygen atoms in total. The van der Waals surface area contributed by atoms with E-state index in [1.54, 1.807) is 0 Å². The number of likely N-dealkylation sites (tertiary alicyclic amines) is 1. The van der Waals surface area contributed by atoms with Gasteiger partial charge in [-0.15, -0.1) is 0 Å². The molecule has 0 radical (unpaired) electrons. The highest BCUT2D eigenvalue weighted by Crippen LogP contribution is 2.59. The molecule has 1 saturated carbocycles. The summed E-state index contributed by atoms with van der Waals surface area (Å²) >= 11 is 0. The Kier molecular flexibility index (Phi) is 5.31. The molecule has 0 N–H and O–H groups in total. The van der Waals surface area contributed by atoms with Gasteiger partial charge < -0.3 is 9.64 Å². The van der Waals surface area contributed by atoms with Crippen LogP contribution in [-0.4, -0.2) is 29.9 Å². The first kappa shape index (κ1) is 22.6. The first-order chi connectivity index (χ1) is 16.1. The van der Waals surface area contributed by atoms with E-state index in [1.807, 2.05) is 19.9 Å². The molecule has 2 aliphatic rings. The molecule has 1 aliphatic heterocycles. The fourth-order valence-corrected chi connectivity index (χ4v) is 6.23. The van der Waals surface area contributed by atoms with E-state index in [0.29, 0.717) is 18.1 Å². The van der Waals surface area contributed by atoms with Crippen molar-refractivity contribution in [1.82, 2.24) is 4.90 Å². The third-order valence-corrected chi connectivity index (χ3v) is 7.79. The number of hydrogen-bond donors (Lipinski definition) is 0. The summed E-state index contributed by atoms with van der Waals surface area (Å²) in [5.41, 5.74) is 4.03. The summed E-state index contributed by atoms with van der Waals surface area (Å²) in [7, 11) is 0. The Labute approximate surface area is 201 Å². The van der Waals surface area contributed by atoms with Crippen LogP contribution in [0.25, 0.3) is 10.8 Å². The maximum atomic E-state index is 13.5. The molecule has 0 bridgehead atoms. The molecule has 176 valence electrons. The lowest BCUT2D eigenvalue weighted by Gasteiger charge is -2.31. The minimum absolute atomic E-state index is 0.104. The zero-order valence-corrected chi connectivity index (χ0v) is 20.8. The highest BCUT2D eigenvalue weighted by Gasteiger charge is 2.61. The number of carbonyl (C=O) groups is 2. The monoisotopic (exact) mass is 455 g/mol. The van der Waals surface area contributed by atoms with Gasteiger partial charge >= 0.3 is 5.97 Å². The second-order valence-corrected chi connectivity index (χ2v) is 11.0. The van der Waals surface area contributed by atoms with Crippen molar-refractivity contribution in [2.45, 2.75) is 58.3 Å². The summed E-state index contributed by atoms with van der Waals surface area (Å²) in [6.45, 7) is 11.2. The van der Waals surface area contributed by atoms with Crippen LogP contribution in [0.2, 0.25) is 0 Å². The second kappa shape index (κ2) is 7.97. The lowest BCUT2D eigenvalue weighted by Crippen LogP contribution is -2.37. The van der Waals surface area contributed by atoms with Crippen molar-refractivity contribution in [3.63, 3.8) is 0 Å². The van der Waals surface area contributed by atoms with Crippen LogP contribution in [0, 0.1) is 19.8 Å². The van der Waals surface area contributed by atoms with E-state index in [0.717, 1.165) is 36.2 Å². The number of fused-ring (bicyclic) bond motifs is 2. The highest BCUT2D eigenvalue weighted by molar-refractivity contribution is 5.84. The first-order valence-corrected chi connectivity index (χ1v) is 12.2. The van der Waals surface area contributed by atoms with E-state index in [1.165, 1.54) is 23.3 Å². The summed E-state index contributed by atoms with van der Waals surface area (Å²) in [6.07, 6.45) is 1.54. The van der Waals surface area contributed by atoms with Crippen LogP contribution in [0.15, 0.2) is 54.6 Å². The van der Waals surface area contributed by atoms with E-state index in [-0.39, 0.29) is 17.3 Å². The maximum absolute atomic E-state index is 13.5. The smallest absolute Gasteiger partial charge is 0.308 e. The zero-order chi connectivity index (χ0) is 24.3. The van der Waals surface area contributed by atoms with Gasteiger partial charge in [0.15, 0.2) is 0 Å². The fourth-order valence-electron chi connectivity index (χ4n) is 6.23. The zero-order valence-electron chi connectivity index (χ0n) is 20.8. The van der Waals surface area contributed by atoms with Crippen LogP contribution in [0.3, 0.4) is 0 Å². The molecule has 1 amide bonds. The van der Waals surface area contributed by atoms with Crippen molar-refractivity contribution in [2.75, 3.05) is 13.1 Å². The minimum atomic E-state index is -0.456. The number of ether oxygens (including phenoxy) is 1. The van der Waals surface area contributed by atoms with Crippen LogP contribution < -0.4 is 4.74 Å². The molecule has 1 saturated heterocycles. The molecule has 3 aromatic carbocycles. The Balaban J connectivity index is 1.36. The third-order valence-electron chi connectivity index (χ3n) is 7.79. The van der Waals surface area contributed by atoms with Crippen molar-refractivity contribution >= 4 is 22.6 Å². The molecule has 0 spiro atoms. The van der Waals surface area contributed by atoms with Gasteiger partial charge in [0.2, 0.25) is 5.91 Å².